The summed E-state index contributed by atoms with van der Waals surface area (Å²) in [5.41, 5.74) is 4.70. The largest absolute Gasteiger partial charge is 0.381 e. The molecule has 1 aliphatic rings. The maximum absolute atomic E-state index is 13.7. The molecular weight excluding hydrogens is 293 g/mol. The van der Waals surface area contributed by atoms with E-state index in [4.69, 9.17) is 10.5 Å². The number of benzene rings is 1. The molecule has 1 amide bonds. The average molecular weight is 311 g/mol. The van der Waals surface area contributed by atoms with Crippen molar-refractivity contribution in [2.75, 3.05) is 18.5 Å². The summed E-state index contributed by atoms with van der Waals surface area (Å²) in [6, 6.07) is 3.45. The van der Waals surface area contributed by atoms with E-state index >= 15 is 0 Å². The van der Waals surface area contributed by atoms with Gasteiger partial charge in [-0.1, -0.05) is 6.07 Å². The topological polar surface area (TPSA) is 107 Å². The number of ether oxygens (including phenoxy) is 1. The molecule has 1 aliphatic heterocycles. The van der Waals surface area contributed by atoms with Crippen molar-refractivity contribution in [3.05, 3.63) is 34.1 Å². The van der Waals surface area contributed by atoms with Crippen molar-refractivity contribution in [3.8, 4) is 0 Å². The average Bonchev–Trinajstić information content (AvgIpc) is 2.46. The number of nitrogens with two attached hydrogens (primary N) is 1. The van der Waals surface area contributed by atoms with Crippen LogP contribution in [0.3, 0.4) is 0 Å². The van der Waals surface area contributed by atoms with Gasteiger partial charge in [-0.3, -0.25) is 14.9 Å². The van der Waals surface area contributed by atoms with E-state index in [0.29, 0.717) is 26.1 Å². The number of carbonyl (C=O) groups excluding carboxylic acids is 1. The minimum Gasteiger partial charge on any atom is -0.381 e. The number of nitro benzene ring substituents is 1. The van der Waals surface area contributed by atoms with Gasteiger partial charge in [0.05, 0.1) is 4.92 Å². The van der Waals surface area contributed by atoms with Gasteiger partial charge in [-0.05, 0) is 30.9 Å². The summed E-state index contributed by atoms with van der Waals surface area (Å²) < 4.78 is 18.9. The van der Waals surface area contributed by atoms with Gasteiger partial charge in [-0.25, -0.2) is 0 Å². The summed E-state index contributed by atoms with van der Waals surface area (Å²) in [6.07, 6.45) is 1.46. The van der Waals surface area contributed by atoms with Crippen LogP contribution in [0.2, 0.25) is 0 Å². The lowest BCUT2D eigenvalue weighted by Gasteiger charge is -2.30. The Hall–Kier alpha value is -2.22. The maximum atomic E-state index is 13.7. The van der Waals surface area contributed by atoms with Crippen LogP contribution in [0.1, 0.15) is 19.3 Å². The molecule has 0 radical (unpaired) electrons. The Kier molecular flexibility index (Phi) is 5.26. The number of nitro groups is 1. The Morgan fingerprint density at radius 1 is 1.50 bits per heavy atom. The summed E-state index contributed by atoms with van der Waals surface area (Å²) in [6.45, 7) is 1.12. The minimum absolute atomic E-state index is 0.0261. The molecule has 1 saturated heterocycles. The number of hydrogen-bond acceptors (Lipinski definition) is 5. The third-order valence-corrected chi connectivity index (χ3v) is 3.77. The van der Waals surface area contributed by atoms with Gasteiger partial charge in [0.2, 0.25) is 11.7 Å². The van der Waals surface area contributed by atoms with Gasteiger partial charge in [0.25, 0.3) is 0 Å². The van der Waals surface area contributed by atoms with E-state index in [-0.39, 0.29) is 24.1 Å². The summed E-state index contributed by atoms with van der Waals surface area (Å²) in [5.74, 6) is -1.34. The Bertz CT molecular complexity index is 561. The number of nitrogens with zero attached hydrogens (tertiary/aromatic N) is 1. The van der Waals surface area contributed by atoms with Crippen LogP contribution in [0.25, 0.3) is 0 Å². The number of nitrogens with one attached hydrogen (secondary N) is 1. The number of halogens is 1. The molecule has 1 heterocycles. The Morgan fingerprint density at radius 3 is 2.77 bits per heavy atom. The zero-order valence-electron chi connectivity index (χ0n) is 12.0. The molecule has 22 heavy (non-hydrogen) atoms. The minimum atomic E-state index is -0.917. The lowest BCUT2D eigenvalue weighted by molar-refractivity contribution is -0.386. The van der Waals surface area contributed by atoms with Crippen LogP contribution in [-0.2, 0) is 9.53 Å². The molecule has 1 atom stereocenters. The third kappa shape index (κ3) is 3.91. The van der Waals surface area contributed by atoms with Crippen molar-refractivity contribution in [3.63, 3.8) is 0 Å². The Labute approximate surface area is 126 Å². The zero-order valence-corrected chi connectivity index (χ0v) is 12.0. The molecule has 120 valence electrons. The first-order valence-corrected chi connectivity index (χ1v) is 7.04. The first kappa shape index (κ1) is 16.2. The van der Waals surface area contributed by atoms with Gasteiger partial charge in [0.15, 0.2) is 0 Å². The predicted octanol–water partition coefficient (Wildman–Crippen LogP) is 1.82. The van der Waals surface area contributed by atoms with Crippen LogP contribution in [0.4, 0.5) is 15.8 Å². The van der Waals surface area contributed by atoms with Gasteiger partial charge in [-0.2, -0.15) is 4.39 Å². The van der Waals surface area contributed by atoms with Crippen molar-refractivity contribution in [1.82, 2.24) is 0 Å². The molecule has 1 fully saturated rings. The molecule has 0 bridgehead atoms. The van der Waals surface area contributed by atoms with Crippen molar-refractivity contribution in [2.45, 2.75) is 25.3 Å². The number of rotatable bonds is 6. The van der Waals surface area contributed by atoms with Crippen LogP contribution in [-0.4, -0.2) is 30.1 Å². The quantitative estimate of drug-likeness (QED) is 0.615. The fourth-order valence-corrected chi connectivity index (χ4v) is 2.69. The van der Waals surface area contributed by atoms with E-state index in [9.17, 15) is 19.3 Å². The van der Waals surface area contributed by atoms with E-state index in [1.807, 2.05) is 0 Å². The van der Waals surface area contributed by atoms with Crippen LogP contribution in [0.15, 0.2) is 18.2 Å². The van der Waals surface area contributed by atoms with Crippen molar-refractivity contribution in [1.29, 1.82) is 0 Å². The summed E-state index contributed by atoms with van der Waals surface area (Å²) in [7, 11) is 0. The van der Waals surface area contributed by atoms with Gasteiger partial charge >= 0.3 is 5.69 Å². The maximum Gasteiger partial charge on any atom is 0.327 e. The summed E-state index contributed by atoms with van der Waals surface area (Å²) in [5, 5.41) is 14.0. The highest BCUT2D eigenvalue weighted by molar-refractivity contribution is 5.75. The number of para-hydroxylation sites is 1. The van der Waals surface area contributed by atoms with E-state index in [1.54, 1.807) is 0 Å². The summed E-state index contributed by atoms with van der Waals surface area (Å²) in [4.78, 5) is 21.5. The molecular formula is C14H18FN3O4. The lowest BCUT2D eigenvalue weighted by atomic mass is 9.89. The highest BCUT2D eigenvalue weighted by Crippen LogP contribution is 2.31. The van der Waals surface area contributed by atoms with Gasteiger partial charge < -0.3 is 15.8 Å². The van der Waals surface area contributed by atoms with Crippen molar-refractivity contribution in [2.24, 2.45) is 11.7 Å². The van der Waals surface area contributed by atoms with Crippen molar-refractivity contribution >= 4 is 17.3 Å². The Balaban J connectivity index is 2.24. The van der Waals surface area contributed by atoms with Crippen molar-refractivity contribution < 1.29 is 18.8 Å². The van der Waals surface area contributed by atoms with E-state index in [2.05, 4.69) is 5.32 Å². The number of amides is 1. The monoisotopic (exact) mass is 311 g/mol. The predicted molar refractivity (Wildman–Crippen MR) is 77.8 cm³/mol. The zero-order chi connectivity index (χ0) is 16.1. The first-order valence-electron chi connectivity index (χ1n) is 7.04. The highest BCUT2D eigenvalue weighted by Gasteiger charge is 2.28. The number of primary amides is 1. The molecule has 0 saturated carbocycles. The van der Waals surface area contributed by atoms with E-state index in [0.717, 1.165) is 6.07 Å². The number of carbonyl (C=O) groups is 1. The second-order valence-corrected chi connectivity index (χ2v) is 5.26. The first-order chi connectivity index (χ1) is 10.5. The number of anilines is 1. The molecule has 0 aliphatic carbocycles. The fraction of sp³-hybridized carbons (Fsp3) is 0.500. The standard InChI is InChI=1S/C14H18FN3O4/c15-10-2-1-3-11(14(10)18(20)21)17-12(8-13(16)19)9-4-6-22-7-5-9/h1-3,9,12,17H,4-8H2,(H2,16,19). The summed E-state index contributed by atoms with van der Waals surface area (Å²) >= 11 is 0. The third-order valence-electron chi connectivity index (χ3n) is 3.77. The second kappa shape index (κ2) is 7.17. The van der Waals surface area contributed by atoms with Crippen LogP contribution in [0, 0.1) is 21.8 Å². The molecule has 1 aromatic rings. The fourth-order valence-electron chi connectivity index (χ4n) is 2.69. The second-order valence-electron chi connectivity index (χ2n) is 5.26. The van der Waals surface area contributed by atoms with Gasteiger partial charge in [0.1, 0.15) is 5.69 Å². The van der Waals surface area contributed by atoms with Crippen LogP contribution < -0.4 is 11.1 Å². The van der Waals surface area contributed by atoms with Crippen LogP contribution in [0.5, 0.6) is 0 Å². The Morgan fingerprint density at radius 2 is 2.18 bits per heavy atom. The molecule has 0 aromatic heterocycles. The molecule has 3 N–H and O–H groups in total. The molecule has 2 rings (SSSR count). The molecule has 8 heteroatoms. The SMILES string of the molecule is NC(=O)CC(Nc1cccc(F)c1[N+](=O)[O-])C1CCOCC1. The lowest BCUT2D eigenvalue weighted by Crippen LogP contribution is -2.37. The van der Waals surface area contributed by atoms with E-state index < -0.39 is 22.3 Å². The van der Waals surface area contributed by atoms with Gasteiger partial charge in [-0.15, -0.1) is 0 Å². The molecule has 0 spiro atoms. The smallest absolute Gasteiger partial charge is 0.327 e. The van der Waals surface area contributed by atoms with Gasteiger partial charge in [0, 0.05) is 25.7 Å². The number of hydrogen-bond donors (Lipinski definition) is 2. The molecule has 1 unspecified atom stereocenters. The van der Waals surface area contributed by atoms with Crippen LogP contribution >= 0.6 is 0 Å². The van der Waals surface area contributed by atoms with E-state index in [1.165, 1.54) is 12.1 Å². The molecule has 1 aromatic carbocycles. The normalized spacial score (nSPS) is 17.0. The highest BCUT2D eigenvalue weighted by atomic mass is 19.1. The molecule has 7 nitrogen and oxygen atoms in total.